The third-order valence-electron chi connectivity index (χ3n) is 3.07. The summed E-state index contributed by atoms with van der Waals surface area (Å²) in [6.07, 6.45) is 0. The van der Waals surface area contributed by atoms with Crippen LogP contribution in [0.25, 0.3) is 0 Å². The number of carbonyl (C=O) groups excluding carboxylic acids is 2. The summed E-state index contributed by atoms with van der Waals surface area (Å²) in [5.74, 6) is -1.98. The number of hydrogen-bond acceptors (Lipinski definition) is 4. The van der Waals surface area contributed by atoms with Crippen LogP contribution in [0.4, 0.5) is 10.1 Å². The van der Waals surface area contributed by atoms with Gasteiger partial charge in [-0.05, 0) is 25.1 Å². The quantitative estimate of drug-likeness (QED) is 0.721. The van der Waals surface area contributed by atoms with Crippen molar-refractivity contribution in [3.63, 3.8) is 0 Å². The molecule has 7 heteroatoms. The predicted octanol–water partition coefficient (Wildman–Crippen LogP) is 0.242. The minimum absolute atomic E-state index is 0.110. The standard InChI is InChI=1S/C13H16FN3O3/c1-13(6-16-7-13)20-5-11(18)17-8-2-3-10(14)9(4-8)12(15)19/h2-4,16H,5-7H2,1H3,(H2,15,19)(H,17,18). The molecule has 2 amide bonds. The van der Waals surface area contributed by atoms with Gasteiger partial charge in [-0.15, -0.1) is 0 Å². The lowest BCUT2D eigenvalue weighted by Gasteiger charge is -2.38. The number of carbonyl (C=O) groups is 2. The summed E-state index contributed by atoms with van der Waals surface area (Å²) in [5, 5.41) is 5.58. The molecule has 0 unspecified atom stereocenters. The molecule has 1 aliphatic rings. The van der Waals surface area contributed by atoms with Gasteiger partial charge < -0.3 is 21.1 Å². The highest BCUT2D eigenvalue weighted by atomic mass is 19.1. The number of benzene rings is 1. The molecule has 20 heavy (non-hydrogen) atoms. The van der Waals surface area contributed by atoms with E-state index in [1.807, 2.05) is 6.92 Å². The molecule has 2 rings (SSSR count). The SMILES string of the molecule is CC1(OCC(=O)Nc2ccc(F)c(C(N)=O)c2)CNC1. The zero-order chi connectivity index (χ0) is 14.8. The minimum Gasteiger partial charge on any atom is -0.366 e. The lowest BCUT2D eigenvalue weighted by Crippen LogP contribution is -2.59. The summed E-state index contributed by atoms with van der Waals surface area (Å²) in [6.45, 7) is 3.19. The second-order valence-electron chi connectivity index (χ2n) is 4.95. The fraction of sp³-hybridized carbons (Fsp3) is 0.385. The molecule has 0 aliphatic carbocycles. The van der Waals surface area contributed by atoms with Gasteiger partial charge in [0, 0.05) is 18.8 Å². The Labute approximate surface area is 115 Å². The Bertz CT molecular complexity index is 544. The van der Waals surface area contributed by atoms with Gasteiger partial charge in [-0.1, -0.05) is 0 Å². The van der Waals surface area contributed by atoms with E-state index in [-0.39, 0.29) is 23.7 Å². The Hall–Kier alpha value is -1.99. The first-order valence-corrected chi connectivity index (χ1v) is 6.13. The molecule has 0 atom stereocenters. The van der Waals surface area contributed by atoms with Gasteiger partial charge in [-0.3, -0.25) is 9.59 Å². The van der Waals surface area contributed by atoms with Gasteiger partial charge >= 0.3 is 0 Å². The summed E-state index contributed by atoms with van der Waals surface area (Å²) < 4.78 is 18.7. The van der Waals surface area contributed by atoms with E-state index < -0.39 is 11.7 Å². The second kappa shape index (κ2) is 5.56. The molecule has 1 heterocycles. The van der Waals surface area contributed by atoms with Crippen molar-refractivity contribution in [2.75, 3.05) is 25.0 Å². The van der Waals surface area contributed by atoms with Gasteiger partial charge in [-0.2, -0.15) is 0 Å². The Morgan fingerprint density at radius 2 is 2.20 bits per heavy atom. The van der Waals surface area contributed by atoms with Gasteiger partial charge in [0.25, 0.3) is 5.91 Å². The van der Waals surface area contributed by atoms with Gasteiger partial charge in [0.15, 0.2) is 0 Å². The van der Waals surface area contributed by atoms with Crippen LogP contribution in [0.5, 0.6) is 0 Å². The van der Waals surface area contributed by atoms with Gasteiger partial charge in [0.05, 0.1) is 11.2 Å². The maximum absolute atomic E-state index is 13.3. The third-order valence-corrected chi connectivity index (χ3v) is 3.07. The van der Waals surface area contributed by atoms with Crippen LogP contribution >= 0.6 is 0 Å². The molecule has 0 radical (unpaired) electrons. The van der Waals surface area contributed by atoms with Gasteiger partial charge in [0.2, 0.25) is 5.91 Å². The zero-order valence-corrected chi connectivity index (χ0v) is 11.0. The highest BCUT2D eigenvalue weighted by Crippen LogP contribution is 2.16. The van der Waals surface area contributed by atoms with E-state index in [0.29, 0.717) is 18.8 Å². The van der Waals surface area contributed by atoms with Crippen molar-refractivity contribution in [3.05, 3.63) is 29.6 Å². The fourth-order valence-corrected chi connectivity index (χ4v) is 1.81. The molecule has 1 aromatic carbocycles. The molecule has 6 nitrogen and oxygen atoms in total. The number of primary amides is 1. The van der Waals surface area contributed by atoms with Crippen molar-refractivity contribution < 1.29 is 18.7 Å². The topological polar surface area (TPSA) is 93.4 Å². The van der Waals surface area contributed by atoms with E-state index in [0.717, 1.165) is 6.07 Å². The zero-order valence-electron chi connectivity index (χ0n) is 11.0. The third kappa shape index (κ3) is 3.31. The number of amides is 2. The van der Waals surface area contributed by atoms with Crippen LogP contribution in [0.15, 0.2) is 18.2 Å². The molecule has 1 saturated heterocycles. The van der Waals surface area contributed by atoms with Crippen molar-refractivity contribution in [1.82, 2.24) is 5.32 Å². The number of halogens is 1. The van der Waals surface area contributed by atoms with E-state index in [1.54, 1.807) is 0 Å². The van der Waals surface area contributed by atoms with Crippen molar-refractivity contribution in [2.45, 2.75) is 12.5 Å². The highest BCUT2D eigenvalue weighted by molar-refractivity contribution is 5.96. The summed E-state index contributed by atoms with van der Waals surface area (Å²) in [4.78, 5) is 22.7. The molecule has 0 bridgehead atoms. The largest absolute Gasteiger partial charge is 0.366 e. The Morgan fingerprint density at radius 3 is 2.75 bits per heavy atom. The van der Waals surface area contributed by atoms with Gasteiger partial charge in [0.1, 0.15) is 12.4 Å². The number of hydrogen-bond donors (Lipinski definition) is 3. The van der Waals surface area contributed by atoms with Crippen molar-refractivity contribution in [1.29, 1.82) is 0 Å². The monoisotopic (exact) mass is 281 g/mol. The average molecular weight is 281 g/mol. The summed E-state index contributed by atoms with van der Waals surface area (Å²) in [7, 11) is 0. The molecule has 1 aromatic rings. The first-order chi connectivity index (χ1) is 9.39. The van der Waals surface area contributed by atoms with Crippen molar-refractivity contribution in [3.8, 4) is 0 Å². The molecule has 1 aliphatic heterocycles. The average Bonchev–Trinajstić information content (AvgIpc) is 2.36. The first-order valence-electron chi connectivity index (χ1n) is 6.13. The lowest BCUT2D eigenvalue weighted by atomic mass is 10.0. The molecule has 108 valence electrons. The molecule has 4 N–H and O–H groups in total. The van der Waals surface area contributed by atoms with Crippen LogP contribution in [0, 0.1) is 5.82 Å². The number of anilines is 1. The Kier molecular flexibility index (Phi) is 4.01. The number of nitrogens with one attached hydrogen (secondary N) is 2. The van der Waals surface area contributed by atoms with Crippen LogP contribution in [0.3, 0.4) is 0 Å². The predicted molar refractivity (Wildman–Crippen MR) is 70.8 cm³/mol. The molecule has 0 spiro atoms. The Morgan fingerprint density at radius 1 is 1.50 bits per heavy atom. The number of ether oxygens (including phenoxy) is 1. The summed E-state index contributed by atoms with van der Waals surface area (Å²) in [6, 6.07) is 3.63. The number of nitrogens with two attached hydrogens (primary N) is 1. The Balaban J connectivity index is 1.94. The number of rotatable bonds is 5. The maximum atomic E-state index is 13.3. The summed E-state index contributed by atoms with van der Waals surface area (Å²) >= 11 is 0. The molecular weight excluding hydrogens is 265 g/mol. The normalized spacial score (nSPS) is 16.3. The van der Waals surface area contributed by atoms with E-state index in [4.69, 9.17) is 10.5 Å². The van der Waals surface area contributed by atoms with Crippen LogP contribution in [0.1, 0.15) is 17.3 Å². The van der Waals surface area contributed by atoms with Crippen LogP contribution in [-0.2, 0) is 9.53 Å². The first kappa shape index (κ1) is 14.4. The van der Waals surface area contributed by atoms with Crippen molar-refractivity contribution in [2.24, 2.45) is 5.73 Å². The summed E-state index contributed by atoms with van der Waals surface area (Å²) in [5.41, 5.74) is 4.74. The van der Waals surface area contributed by atoms with Crippen LogP contribution in [0.2, 0.25) is 0 Å². The molecule has 1 fully saturated rings. The van der Waals surface area contributed by atoms with E-state index in [9.17, 15) is 14.0 Å². The van der Waals surface area contributed by atoms with E-state index in [2.05, 4.69) is 10.6 Å². The van der Waals surface area contributed by atoms with Crippen molar-refractivity contribution >= 4 is 17.5 Å². The lowest BCUT2D eigenvalue weighted by molar-refractivity contribution is -0.130. The highest BCUT2D eigenvalue weighted by Gasteiger charge is 2.33. The fourth-order valence-electron chi connectivity index (χ4n) is 1.81. The van der Waals surface area contributed by atoms with E-state index >= 15 is 0 Å². The molecule has 0 saturated carbocycles. The van der Waals surface area contributed by atoms with Crippen LogP contribution < -0.4 is 16.4 Å². The second-order valence-corrected chi connectivity index (χ2v) is 4.95. The molecule has 0 aromatic heterocycles. The maximum Gasteiger partial charge on any atom is 0.251 e. The van der Waals surface area contributed by atoms with E-state index in [1.165, 1.54) is 12.1 Å². The minimum atomic E-state index is -0.886. The smallest absolute Gasteiger partial charge is 0.251 e. The molecular formula is C13H16FN3O3. The van der Waals surface area contributed by atoms with Crippen LogP contribution in [-0.4, -0.2) is 37.1 Å². The van der Waals surface area contributed by atoms with Gasteiger partial charge in [-0.25, -0.2) is 4.39 Å².